The van der Waals surface area contributed by atoms with Crippen LogP contribution in [0.25, 0.3) is 0 Å². The lowest BCUT2D eigenvalue weighted by atomic mass is 10.1. The third-order valence-corrected chi connectivity index (χ3v) is 8.02. The van der Waals surface area contributed by atoms with Gasteiger partial charge in [0.15, 0.2) is 6.10 Å². The highest BCUT2D eigenvalue weighted by molar-refractivity contribution is 7.46. The molecule has 2 N–H and O–H groups in total. The minimum absolute atomic E-state index is 0.214. The first-order chi connectivity index (χ1) is 20.8. The molecular formula is C34H65O8P. The van der Waals surface area contributed by atoms with Crippen molar-refractivity contribution in [1.82, 2.24) is 0 Å². The molecule has 0 aliphatic rings. The number of phosphoric ester groups is 1. The molecule has 0 aliphatic heterocycles. The number of carbonyl (C=O) groups excluding carboxylic acids is 2. The van der Waals surface area contributed by atoms with E-state index in [0.29, 0.717) is 6.42 Å². The molecule has 0 amide bonds. The second kappa shape index (κ2) is 30.8. The summed E-state index contributed by atoms with van der Waals surface area (Å²) in [6.45, 7) is 3.62. The number of rotatable bonds is 32. The molecule has 0 saturated heterocycles. The maximum absolute atomic E-state index is 12.2. The lowest BCUT2D eigenvalue weighted by Gasteiger charge is -2.18. The highest BCUT2D eigenvalue weighted by Gasteiger charge is 2.22. The van der Waals surface area contributed by atoms with Gasteiger partial charge in [-0.15, -0.1) is 0 Å². The minimum atomic E-state index is -4.74. The van der Waals surface area contributed by atoms with Crippen molar-refractivity contribution in [3.63, 3.8) is 0 Å². The minimum Gasteiger partial charge on any atom is -0.462 e. The molecule has 43 heavy (non-hydrogen) atoms. The van der Waals surface area contributed by atoms with E-state index in [1.54, 1.807) is 0 Å². The first kappa shape index (κ1) is 41.8. The number of hydrogen-bond donors (Lipinski definition) is 2. The van der Waals surface area contributed by atoms with Gasteiger partial charge in [-0.1, -0.05) is 135 Å². The average molecular weight is 633 g/mol. The zero-order chi connectivity index (χ0) is 31.9. The number of carbonyl (C=O) groups is 2. The van der Waals surface area contributed by atoms with Crippen molar-refractivity contribution in [3.05, 3.63) is 12.2 Å². The van der Waals surface area contributed by atoms with Gasteiger partial charge in [-0.3, -0.25) is 14.1 Å². The molecule has 0 heterocycles. The van der Waals surface area contributed by atoms with Gasteiger partial charge < -0.3 is 19.3 Å². The van der Waals surface area contributed by atoms with Crippen LogP contribution in [0.5, 0.6) is 0 Å². The Morgan fingerprint density at radius 2 is 0.977 bits per heavy atom. The largest absolute Gasteiger partial charge is 0.469 e. The Morgan fingerprint density at radius 3 is 1.42 bits per heavy atom. The number of unbranched alkanes of at least 4 members (excludes halogenated alkanes) is 20. The molecule has 8 nitrogen and oxygen atoms in total. The van der Waals surface area contributed by atoms with Gasteiger partial charge in [-0.05, 0) is 38.5 Å². The second-order valence-electron chi connectivity index (χ2n) is 11.8. The molecule has 0 unspecified atom stereocenters. The van der Waals surface area contributed by atoms with Gasteiger partial charge in [0.25, 0.3) is 0 Å². The van der Waals surface area contributed by atoms with Crippen LogP contribution >= 0.6 is 7.82 Å². The van der Waals surface area contributed by atoms with Crippen molar-refractivity contribution >= 4 is 19.8 Å². The Hall–Kier alpha value is -1.21. The van der Waals surface area contributed by atoms with Gasteiger partial charge >= 0.3 is 19.8 Å². The molecule has 0 aromatic rings. The van der Waals surface area contributed by atoms with E-state index in [1.807, 2.05) is 0 Å². The van der Waals surface area contributed by atoms with E-state index < -0.39 is 32.5 Å². The van der Waals surface area contributed by atoms with Crippen molar-refractivity contribution in [3.8, 4) is 0 Å². The van der Waals surface area contributed by atoms with Crippen LogP contribution in [0.1, 0.15) is 174 Å². The summed E-state index contributed by atoms with van der Waals surface area (Å²) < 4.78 is 26.1. The van der Waals surface area contributed by atoms with Crippen LogP contribution in [0.3, 0.4) is 0 Å². The summed E-state index contributed by atoms with van der Waals surface area (Å²) in [6.07, 6.45) is 30.9. The molecule has 0 aromatic heterocycles. The number of allylic oxidation sites excluding steroid dienone is 2. The summed E-state index contributed by atoms with van der Waals surface area (Å²) in [7, 11) is -4.74. The van der Waals surface area contributed by atoms with Crippen LogP contribution in [0.4, 0.5) is 0 Å². The molecule has 254 valence electrons. The maximum atomic E-state index is 12.2. The molecule has 0 spiro atoms. The van der Waals surface area contributed by atoms with Crippen LogP contribution in [0, 0.1) is 0 Å². The van der Waals surface area contributed by atoms with E-state index in [-0.39, 0.29) is 19.4 Å². The zero-order valence-corrected chi connectivity index (χ0v) is 28.5. The lowest BCUT2D eigenvalue weighted by molar-refractivity contribution is -0.161. The lowest BCUT2D eigenvalue weighted by Crippen LogP contribution is -2.29. The summed E-state index contributed by atoms with van der Waals surface area (Å²) in [5, 5.41) is 0. The average Bonchev–Trinajstić information content (AvgIpc) is 2.97. The zero-order valence-electron chi connectivity index (χ0n) is 27.6. The molecule has 9 heteroatoms. The Kier molecular flexibility index (Phi) is 29.9. The highest BCUT2D eigenvalue weighted by Crippen LogP contribution is 2.36. The number of ether oxygens (including phenoxy) is 2. The highest BCUT2D eigenvalue weighted by atomic mass is 31.2. The smallest absolute Gasteiger partial charge is 0.462 e. The standard InChI is InChI=1S/C34H65O8P/c1-3-5-7-9-11-13-14-15-16-17-18-19-20-21-23-24-26-28-33(35)40-30-32(31-41-43(37,38)39)42-34(36)29-27-25-22-12-10-8-6-4-2/h15-16,32H,3-14,17-31H2,1-2H3,(H2,37,38,39)/b16-15+/t32-/m1/s1. The molecule has 0 aliphatic carbocycles. The molecule has 0 bridgehead atoms. The quantitative estimate of drug-likeness (QED) is 0.0325. The summed E-state index contributed by atoms with van der Waals surface area (Å²) in [5.41, 5.74) is 0. The fraction of sp³-hybridized carbons (Fsp3) is 0.882. The van der Waals surface area contributed by atoms with Crippen molar-refractivity contribution < 1.29 is 37.9 Å². The Bertz CT molecular complexity index is 721. The fourth-order valence-electron chi connectivity index (χ4n) is 4.90. The van der Waals surface area contributed by atoms with E-state index in [9.17, 15) is 14.2 Å². The molecule has 0 aromatic carbocycles. The number of hydrogen-bond acceptors (Lipinski definition) is 6. The Morgan fingerprint density at radius 1 is 0.581 bits per heavy atom. The maximum Gasteiger partial charge on any atom is 0.469 e. The molecule has 1 atom stereocenters. The molecule has 0 rings (SSSR count). The molecule has 0 radical (unpaired) electrons. The van der Waals surface area contributed by atoms with Gasteiger partial charge in [-0.2, -0.15) is 0 Å². The fourth-order valence-corrected chi connectivity index (χ4v) is 5.26. The van der Waals surface area contributed by atoms with Gasteiger partial charge in [0, 0.05) is 12.8 Å². The van der Waals surface area contributed by atoms with E-state index in [0.717, 1.165) is 51.4 Å². The van der Waals surface area contributed by atoms with E-state index in [1.165, 1.54) is 89.9 Å². The Balaban J connectivity index is 3.91. The molecule has 0 fully saturated rings. The number of esters is 2. The van der Waals surface area contributed by atoms with E-state index in [4.69, 9.17) is 19.3 Å². The van der Waals surface area contributed by atoms with Crippen molar-refractivity contribution in [2.75, 3.05) is 13.2 Å². The van der Waals surface area contributed by atoms with Gasteiger partial charge in [-0.25, -0.2) is 4.57 Å². The second-order valence-corrected chi connectivity index (χ2v) is 13.1. The first-order valence-corrected chi connectivity index (χ1v) is 19.0. The normalized spacial score (nSPS) is 12.6. The predicted molar refractivity (Wildman–Crippen MR) is 175 cm³/mol. The first-order valence-electron chi connectivity index (χ1n) is 17.5. The van der Waals surface area contributed by atoms with E-state index in [2.05, 4.69) is 30.5 Å². The van der Waals surface area contributed by atoms with Crippen molar-refractivity contribution in [1.29, 1.82) is 0 Å². The van der Waals surface area contributed by atoms with Crippen molar-refractivity contribution in [2.24, 2.45) is 0 Å². The van der Waals surface area contributed by atoms with Crippen LogP contribution in [-0.2, 0) is 28.2 Å². The van der Waals surface area contributed by atoms with Crippen LogP contribution in [-0.4, -0.2) is 41.0 Å². The topological polar surface area (TPSA) is 119 Å². The van der Waals surface area contributed by atoms with E-state index >= 15 is 0 Å². The van der Waals surface area contributed by atoms with Gasteiger partial charge in [0.05, 0.1) is 6.61 Å². The number of phosphoric acid groups is 1. The summed E-state index contributed by atoms with van der Waals surface area (Å²) in [5.74, 6) is -0.890. The van der Waals surface area contributed by atoms with Gasteiger partial charge in [0.1, 0.15) is 6.61 Å². The summed E-state index contributed by atoms with van der Waals surface area (Å²) in [4.78, 5) is 42.4. The molecule has 0 saturated carbocycles. The third-order valence-electron chi connectivity index (χ3n) is 7.53. The predicted octanol–water partition coefficient (Wildman–Crippen LogP) is 9.90. The monoisotopic (exact) mass is 632 g/mol. The van der Waals surface area contributed by atoms with Crippen LogP contribution in [0.2, 0.25) is 0 Å². The van der Waals surface area contributed by atoms with Crippen LogP contribution in [0.15, 0.2) is 12.2 Å². The van der Waals surface area contributed by atoms with Crippen molar-refractivity contribution in [2.45, 2.75) is 180 Å². The van der Waals surface area contributed by atoms with Gasteiger partial charge in [0.2, 0.25) is 0 Å². The third kappa shape index (κ3) is 33.5. The SMILES string of the molecule is CCCCCCCC/C=C/CCCCCCCCCC(=O)OC[C@H](COP(=O)(O)O)OC(=O)CCCCCCCCCC. The Labute approximate surface area is 263 Å². The summed E-state index contributed by atoms with van der Waals surface area (Å²) in [6, 6.07) is 0. The summed E-state index contributed by atoms with van der Waals surface area (Å²) >= 11 is 0. The molecular weight excluding hydrogens is 567 g/mol. The van der Waals surface area contributed by atoms with Crippen LogP contribution < -0.4 is 0 Å².